The zero-order chi connectivity index (χ0) is 14.0. The minimum atomic E-state index is -1.02. The van der Waals surface area contributed by atoms with Gasteiger partial charge in [-0.1, -0.05) is 26.2 Å². The Labute approximate surface area is 107 Å². The van der Waals surface area contributed by atoms with Crippen LogP contribution in [0.25, 0.3) is 0 Å². The fourth-order valence-corrected chi connectivity index (χ4v) is 1.53. The molecule has 18 heavy (non-hydrogen) atoms. The number of rotatable bonds is 10. The molecule has 0 saturated heterocycles. The second kappa shape index (κ2) is 9.44. The highest BCUT2D eigenvalue weighted by Crippen LogP contribution is 2.03. The molecule has 6 heteroatoms. The summed E-state index contributed by atoms with van der Waals surface area (Å²) in [5.74, 6) is -1.96. The Kier molecular flexibility index (Phi) is 8.61. The fourth-order valence-electron chi connectivity index (χ4n) is 1.53. The molecule has 0 aromatic carbocycles. The van der Waals surface area contributed by atoms with E-state index < -0.39 is 17.9 Å². The van der Waals surface area contributed by atoms with Crippen LogP contribution in [0.1, 0.15) is 51.9 Å². The zero-order valence-corrected chi connectivity index (χ0v) is 10.8. The van der Waals surface area contributed by atoms with Crippen molar-refractivity contribution in [1.82, 2.24) is 5.32 Å². The molecule has 104 valence electrons. The molecule has 1 unspecified atom stereocenters. The summed E-state index contributed by atoms with van der Waals surface area (Å²) < 4.78 is 0. The number of nitrogens with two attached hydrogens (primary N) is 1. The molecule has 6 nitrogen and oxygen atoms in total. The summed E-state index contributed by atoms with van der Waals surface area (Å²) >= 11 is 0. The van der Waals surface area contributed by atoms with Gasteiger partial charge in [0.1, 0.15) is 6.04 Å². The van der Waals surface area contributed by atoms with Gasteiger partial charge >= 0.3 is 5.97 Å². The molecule has 0 aromatic heterocycles. The van der Waals surface area contributed by atoms with Crippen molar-refractivity contribution in [2.75, 3.05) is 0 Å². The summed E-state index contributed by atoms with van der Waals surface area (Å²) in [4.78, 5) is 32.9. The number of amides is 2. The number of hydrogen-bond donors (Lipinski definition) is 3. The van der Waals surface area contributed by atoms with Gasteiger partial charge in [-0.05, 0) is 12.8 Å². The van der Waals surface area contributed by atoms with Gasteiger partial charge in [0, 0.05) is 12.8 Å². The van der Waals surface area contributed by atoms with E-state index in [4.69, 9.17) is 10.8 Å². The Morgan fingerprint density at radius 2 is 1.83 bits per heavy atom. The van der Waals surface area contributed by atoms with E-state index in [1.807, 2.05) is 0 Å². The SMILES string of the molecule is CCCCCCC(=O)NC(CCC(=O)O)C(N)=O. The number of unbranched alkanes of at least 4 members (excludes halogenated alkanes) is 3. The predicted molar refractivity (Wildman–Crippen MR) is 66.8 cm³/mol. The summed E-state index contributed by atoms with van der Waals surface area (Å²) in [5, 5.41) is 11.0. The number of carbonyl (C=O) groups excluding carboxylic acids is 2. The van der Waals surface area contributed by atoms with E-state index in [-0.39, 0.29) is 18.7 Å². The highest BCUT2D eigenvalue weighted by atomic mass is 16.4. The molecule has 0 spiro atoms. The van der Waals surface area contributed by atoms with Crippen molar-refractivity contribution in [2.45, 2.75) is 57.9 Å². The molecule has 0 bridgehead atoms. The maximum atomic E-state index is 11.5. The first-order valence-electron chi connectivity index (χ1n) is 6.27. The van der Waals surface area contributed by atoms with Gasteiger partial charge < -0.3 is 16.2 Å². The van der Waals surface area contributed by atoms with Gasteiger partial charge in [0.15, 0.2) is 0 Å². The molecular formula is C12H22N2O4. The van der Waals surface area contributed by atoms with Gasteiger partial charge in [-0.2, -0.15) is 0 Å². The van der Waals surface area contributed by atoms with Crippen LogP contribution in [0.3, 0.4) is 0 Å². The lowest BCUT2D eigenvalue weighted by Crippen LogP contribution is -2.44. The molecule has 2 amide bonds. The van der Waals surface area contributed by atoms with Crippen molar-refractivity contribution >= 4 is 17.8 Å². The highest BCUT2D eigenvalue weighted by molar-refractivity contribution is 5.86. The lowest BCUT2D eigenvalue weighted by molar-refractivity contribution is -0.137. The summed E-state index contributed by atoms with van der Waals surface area (Å²) in [6, 6.07) is -0.889. The van der Waals surface area contributed by atoms with Crippen LogP contribution in [-0.2, 0) is 14.4 Å². The number of carboxylic acid groups (broad SMARTS) is 1. The third-order valence-corrected chi connectivity index (χ3v) is 2.58. The number of aliphatic carboxylic acids is 1. The Hall–Kier alpha value is -1.59. The normalized spacial score (nSPS) is 11.8. The van der Waals surface area contributed by atoms with Crippen LogP contribution in [0.4, 0.5) is 0 Å². The first-order valence-corrected chi connectivity index (χ1v) is 6.27. The molecule has 4 N–H and O–H groups in total. The van der Waals surface area contributed by atoms with Crippen LogP contribution < -0.4 is 11.1 Å². The zero-order valence-electron chi connectivity index (χ0n) is 10.8. The van der Waals surface area contributed by atoms with E-state index >= 15 is 0 Å². The second-order valence-electron chi connectivity index (χ2n) is 4.27. The molecule has 0 aliphatic carbocycles. The van der Waals surface area contributed by atoms with Crippen LogP contribution in [-0.4, -0.2) is 28.9 Å². The van der Waals surface area contributed by atoms with Gasteiger partial charge in [-0.15, -0.1) is 0 Å². The maximum Gasteiger partial charge on any atom is 0.303 e. The Morgan fingerprint density at radius 3 is 2.33 bits per heavy atom. The van der Waals surface area contributed by atoms with E-state index in [1.165, 1.54) is 0 Å². The maximum absolute atomic E-state index is 11.5. The molecule has 1 atom stereocenters. The average Bonchev–Trinajstić information content (AvgIpc) is 2.29. The van der Waals surface area contributed by atoms with Gasteiger partial charge in [-0.25, -0.2) is 0 Å². The van der Waals surface area contributed by atoms with Crippen molar-refractivity contribution in [1.29, 1.82) is 0 Å². The second-order valence-corrected chi connectivity index (χ2v) is 4.27. The number of nitrogens with one attached hydrogen (secondary N) is 1. The summed E-state index contributed by atoms with van der Waals surface area (Å²) in [6.07, 6.45) is 4.09. The summed E-state index contributed by atoms with van der Waals surface area (Å²) in [7, 11) is 0. The smallest absolute Gasteiger partial charge is 0.303 e. The Bertz CT molecular complexity index is 292. The van der Waals surface area contributed by atoms with E-state index in [2.05, 4.69) is 12.2 Å². The fraction of sp³-hybridized carbons (Fsp3) is 0.750. The van der Waals surface area contributed by atoms with E-state index in [0.29, 0.717) is 6.42 Å². The minimum absolute atomic E-state index is 0.0331. The van der Waals surface area contributed by atoms with Crippen LogP contribution in [0, 0.1) is 0 Å². The van der Waals surface area contributed by atoms with Crippen molar-refractivity contribution in [3.63, 3.8) is 0 Å². The number of carbonyl (C=O) groups is 3. The van der Waals surface area contributed by atoms with Gasteiger partial charge in [0.05, 0.1) is 0 Å². The molecule has 0 aliphatic rings. The van der Waals surface area contributed by atoms with Crippen LogP contribution in [0.15, 0.2) is 0 Å². The molecule has 0 fully saturated rings. The standard InChI is InChI=1S/C12H22N2O4/c1-2-3-4-5-6-10(15)14-9(12(13)18)7-8-11(16)17/h9H,2-8H2,1H3,(H2,13,18)(H,14,15)(H,16,17). The van der Waals surface area contributed by atoms with E-state index in [0.717, 1.165) is 25.7 Å². The average molecular weight is 258 g/mol. The molecule has 0 saturated carbocycles. The van der Waals surface area contributed by atoms with Gasteiger partial charge in [-0.3, -0.25) is 14.4 Å². The lowest BCUT2D eigenvalue weighted by Gasteiger charge is -2.14. The first kappa shape index (κ1) is 16.4. The molecule has 0 aliphatic heterocycles. The third-order valence-electron chi connectivity index (χ3n) is 2.58. The Morgan fingerprint density at radius 1 is 1.17 bits per heavy atom. The number of carboxylic acids is 1. The summed E-state index contributed by atoms with van der Waals surface area (Å²) in [6.45, 7) is 2.08. The van der Waals surface area contributed by atoms with Gasteiger partial charge in [0.25, 0.3) is 0 Å². The van der Waals surface area contributed by atoms with Gasteiger partial charge in [0.2, 0.25) is 11.8 Å². The Balaban J connectivity index is 3.96. The number of primary amides is 1. The monoisotopic (exact) mass is 258 g/mol. The number of hydrogen-bond acceptors (Lipinski definition) is 3. The highest BCUT2D eigenvalue weighted by Gasteiger charge is 2.18. The lowest BCUT2D eigenvalue weighted by atomic mass is 10.1. The molecule has 0 aromatic rings. The molecule has 0 radical (unpaired) electrons. The third kappa shape index (κ3) is 8.55. The van der Waals surface area contributed by atoms with Crippen molar-refractivity contribution in [3.8, 4) is 0 Å². The summed E-state index contributed by atoms with van der Waals surface area (Å²) in [5.41, 5.74) is 5.10. The van der Waals surface area contributed by atoms with Crippen molar-refractivity contribution in [2.24, 2.45) is 5.73 Å². The van der Waals surface area contributed by atoms with Crippen molar-refractivity contribution in [3.05, 3.63) is 0 Å². The molecule has 0 rings (SSSR count). The largest absolute Gasteiger partial charge is 0.481 e. The van der Waals surface area contributed by atoms with Crippen LogP contribution in [0.5, 0.6) is 0 Å². The first-order chi connectivity index (χ1) is 8.47. The topological polar surface area (TPSA) is 109 Å². The van der Waals surface area contributed by atoms with Crippen LogP contribution >= 0.6 is 0 Å². The van der Waals surface area contributed by atoms with E-state index in [9.17, 15) is 14.4 Å². The minimum Gasteiger partial charge on any atom is -0.481 e. The quantitative estimate of drug-likeness (QED) is 0.503. The molecule has 0 heterocycles. The predicted octanol–water partition coefficient (Wildman–Crippen LogP) is 0.792. The van der Waals surface area contributed by atoms with Crippen molar-refractivity contribution < 1.29 is 19.5 Å². The molecular weight excluding hydrogens is 236 g/mol. The van der Waals surface area contributed by atoms with Crippen LogP contribution in [0.2, 0.25) is 0 Å². The van der Waals surface area contributed by atoms with E-state index in [1.54, 1.807) is 0 Å².